The van der Waals surface area contributed by atoms with Gasteiger partial charge in [-0.15, -0.1) is 0 Å². The quantitative estimate of drug-likeness (QED) is 0.880. The van der Waals surface area contributed by atoms with Gasteiger partial charge >= 0.3 is 0 Å². The third-order valence-corrected chi connectivity index (χ3v) is 5.03. The van der Waals surface area contributed by atoms with E-state index < -0.39 is 0 Å². The molecule has 1 saturated carbocycles. The molecule has 1 N–H and O–H groups in total. The molecule has 2 nitrogen and oxygen atoms in total. The van der Waals surface area contributed by atoms with Crippen molar-refractivity contribution < 1.29 is 9.90 Å². The van der Waals surface area contributed by atoms with E-state index in [-0.39, 0.29) is 5.41 Å². The normalized spacial score (nSPS) is 17.7. The van der Waals surface area contributed by atoms with Crippen LogP contribution in [0.2, 0.25) is 0 Å². The van der Waals surface area contributed by atoms with Crippen LogP contribution in [0.1, 0.15) is 57.9 Å². The molecule has 0 atom stereocenters. The molecule has 1 aliphatic rings. The lowest BCUT2D eigenvalue weighted by Gasteiger charge is -2.42. The van der Waals surface area contributed by atoms with Gasteiger partial charge in [-0.05, 0) is 54.7 Å². The predicted octanol–water partition coefficient (Wildman–Crippen LogP) is 4.21. The first-order valence-corrected chi connectivity index (χ1v) is 7.43. The van der Waals surface area contributed by atoms with Crippen LogP contribution in [-0.4, -0.2) is 10.9 Å². The summed E-state index contributed by atoms with van der Waals surface area (Å²) in [7, 11) is 0. The second kappa shape index (κ2) is 5.77. The van der Waals surface area contributed by atoms with Gasteiger partial charge in [0.2, 0.25) is 0 Å². The standard InChI is InChI=1S/C17H24O2/c1-3-17(4-2,13-5-9-15(18)10-6-13)14-7-11-16(19)12-8-14/h5-6,9-10,14,18H,3-4,7-8,11-12H2,1-2H3. The van der Waals surface area contributed by atoms with Crippen LogP contribution in [0, 0.1) is 5.92 Å². The second-order valence-electron chi connectivity index (χ2n) is 5.72. The van der Waals surface area contributed by atoms with E-state index in [4.69, 9.17) is 0 Å². The van der Waals surface area contributed by atoms with Gasteiger partial charge in [-0.25, -0.2) is 0 Å². The van der Waals surface area contributed by atoms with Gasteiger partial charge in [0.15, 0.2) is 0 Å². The summed E-state index contributed by atoms with van der Waals surface area (Å²) in [6, 6.07) is 7.67. The Labute approximate surface area is 115 Å². The Balaban J connectivity index is 2.31. The molecule has 1 fully saturated rings. The van der Waals surface area contributed by atoms with Gasteiger partial charge in [0.25, 0.3) is 0 Å². The maximum absolute atomic E-state index is 11.5. The van der Waals surface area contributed by atoms with E-state index in [2.05, 4.69) is 26.0 Å². The Bertz CT molecular complexity index is 419. The van der Waals surface area contributed by atoms with E-state index in [1.165, 1.54) is 5.56 Å². The molecule has 0 radical (unpaired) electrons. The first-order valence-electron chi connectivity index (χ1n) is 7.43. The topological polar surface area (TPSA) is 37.3 Å². The molecule has 104 valence electrons. The van der Waals surface area contributed by atoms with Crippen LogP contribution < -0.4 is 0 Å². The molecule has 2 heteroatoms. The highest BCUT2D eigenvalue weighted by atomic mass is 16.3. The highest BCUT2D eigenvalue weighted by Crippen LogP contribution is 2.45. The van der Waals surface area contributed by atoms with Crippen LogP contribution in [-0.2, 0) is 10.2 Å². The molecule has 0 spiro atoms. The monoisotopic (exact) mass is 260 g/mol. The second-order valence-corrected chi connectivity index (χ2v) is 5.72. The minimum absolute atomic E-state index is 0.161. The molecule has 0 bridgehead atoms. The lowest BCUT2D eigenvalue weighted by Crippen LogP contribution is -2.36. The van der Waals surface area contributed by atoms with Crippen LogP contribution in [0.25, 0.3) is 0 Å². The Morgan fingerprint density at radius 3 is 2.11 bits per heavy atom. The average molecular weight is 260 g/mol. The Morgan fingerprint density at radius 1 is 1.11 bits per heavy atom. The molecule has 19 heavy (non-hydrogen) atoms. The third kappa shape index (κ3) is 2.68. The van der Waals surface area contributed by atoms with Crippen LogP contribution in [0.5, 0.6) is 5.75 Å². The highest BCUT2D eigenvalue weighted by molar-refractivity contribution is 5.79. The summed E-state index contributed by atoms with van der Waals surface area (Å²) in [5.41, 5.74) is 1.48. The molecule has 1 aromatic carbocycles. The fraction of sp³-hybridized carbons (Fsp3) is 0.588. The van der Waals surface area contributed by atoms with Crippen molar-refractivity contribution in [3.05, 3.63) is 29.8 Å². The number of hydrogen-bond donors (Lipinski definition) is 1. The molecule has 2 rings (SSSR count). The number of phenols is 1. The lowest BCUT2D eigenvalue weighted by atomic mass is 9.62. The number of Topliss-reactive ketones (excluding diaryl/α,β-unsaturated/α-hetero) is 1. The van der Waals surface area contributed by atoms with E-state index in [1.807, 2.05) is 0 Å². The molecule has 0 unspecified atom stereocenters. The zero-order valence-electron chi connectivity index (χ0n) is 12.0. The summed E-state index contributed by atoms with van der Waals surface area (Å²) in [4.78, 5) is 11.5. The van der Waals surface area contributed by atoms with Crippen LogP contribution in [0.3, 0.4) is 0 Å². The SMILES string of the molecule is CCC(CC)(c1ccc(O)cc1)C1CCC(=O)CC1. The number of phenolic OH excluding ortho intramolecular Hbond substituents is 1. The summed E-state index contributed by atoms with van der Waals surface area (Å²) in [6.07, 6.45) is 5.69. The predicted molar refractivity (Wildman–Crippen MR) is 77.3 cm³/mol. The maximum Gasteiger partial charge on any atom is 0.132 e. The number of carbonyl (C=O) groups excluding carboxylic acids is 1. The zero-order chi connectivity index (χ0) is 13.9. The van der Waals surface area contributed by atoms with Gasteiger partial charge < -0.3 is 5.11 Å². The van der Waals surface area contributed by atoms with Gasteiger partial charge in [0.05, 0.1) is 0 Å². The summed E-state index contributed by atoms with van der Waals surface area (Å²) in [5.74, 6) is 1.33. The van der Waals surface area contributed by atoms with Crippen LogP contribution in [0.15, 0.2) is 24.3 Å². The summed E-state index contributed by atoms with van der Waals surface area (Å²) in [5, 5.41) is 9.47. The van der Waals surface area contributed by atoms with Crippen molar-refractivity contribution in [1.29, 1.82) is 0 Å². The van der Waals surface area contributed by atoms with Gasteiger partial charge in [-0.1, -0.05) is 26.0 Å². The van der Waals surface area contributed by atoms with E-state index in [0.29, 0.717) is 17.5 Å². The molecule has 0 aromatic heterocycles. The highest BCUT2D eigenvalue weighted by Gasteiger charge is 2.38. The summed E-state index contributed by atoms with van der Waals surface area (Å²) in [6.45, 7) is 4.49. The van der Waals surface area contributed by atoms with E-state index in [0.717, 1.165) is 38.5 Å². The molecule has 0 heterocycles. The van der Waals surface area contributed by atoms with Crippen molar-refractivity contribution in [2.24, 2.45) is 5.92 Å². The van der Waals surface area contributed by atoms with E-state index >= 15 is 0 Å². The summed E-state index contributed by atoms with van der Waals surface area (Å²) < 4.78 is 0. The van der Waals surface area contributed by atoms with Gasteiger partial charge in [-0.2, -0.15) is 0 Å². The Morgan fingerprint density at radius 2 is 1.63 bits per heavy atom. The molecular weight excluding hydrogens is 236 g/mol. The van der Waals surface area contributed by atoms with Crippen molar-refractivity contribution in [3.8, 4) is 5.75 Å². The first kappa shape index (κ1) is 14.1. The number of benzene rings is 1. The Kier molecular flexibility index (Phi) is 4.28. The fourth-order valence-corrected chi connectivity index (χ4v) is 3.76. The minimum Gasteiger partial charge on any atom is -0.508 e. The number of ketones is 1. The van der Waals surface area contributed by atoms with E-state index in [9.17, 15) is 9.90 Å². The third-order valence-electron chi connectivity index (χ3n) is 5.03. The van der Waals surface area contributed by atoms with Crippen molar-refractivity contribution in [2.45, 2.75) is 57.8 Å². The van der Waals surface area contributed by atoms with Crippen molar-refractivity contribution in [1.82, 2.24) is 0 Å². The van der Waals surface area contributed by atoms with E-state index in [1.54, 1.807) is 12.1 Å². The molecule has 0 aliphatic heterocycles. The van der Waals surface area contributed by atoms with Gasteiger partial charge in [-0.3, -0.25) is 4.79 Å². The van der Waals surface area contributed by atoms with Gasteiger partial charge in [0.1, 0.15) is 11.5 Å². The number of hydrogen-bond acceptors (Lipinski definition) is 2. The van der Waals surface area contributed by atoms with Crippen LogP contribution in [0.4, 0.5) is 0 Å². The minimum atomic E-state index is 0.161. The van der Waals surface area contributed by atoms with Crippen molar-refractivity contribution >= 4 is 5.78 Å². The number of aromatic hydroxyl groups is 1. The maximum atomic E-state index is 11.5. The molecule has 1 aliphatic carbocycles. The Hall–Kier alpha value is -1.31. The molecule has 0 saturated heterocycles. The number of carbonyl (C=O) groups is 1. The van der Waals surface area contributed by atoms with Gasteiger partial charge in [0, 0.05) is 12.8 Å². The zero-order valence-corrected chi connectivity index (χ0v) is 12.0. The molecular formula is C17H24O2. The lowest BCUT2D eigenvalue weighted by molar-refractivity contribution is -0.121. The largest absolute Gasteiger partial charge is 0.508 e. The summed E-state index contributed by atoms with van der Waals surface area (Å²) >= 11 is 0. The first-order chi connectivity index (χ1) is 9.12. The fourth-order valence-electron chi connectivity index (χ4n) is 3.76. The smallest absolute Gasteiger partial charge is 0.132 e. The molecule has 1 aromatic rings. The van der Waals surface area contributed by atoms with Crippen molar-refractivity contribution in [2.75, 3.05) is 0 Å². The number of rotatable bonds is 4. The van der Waals surface area contributed by atoms with Crippen LogP contribution >= 0.6 is 0 Å². The average Bonchev–Trinajstić information content (AvgIpc) is 2.44. The molecule has 0 amide bonds. The van der Waals surface area contributed by atoms with Crippen molar-refractivity contribution in [3.63, 3.8) is 0 Å².